The molecule has 0 saturated carbocycles. The van der Waals surface area contributed by atoms with Crippen LogP contribution in [0.4, 0.5) is 0 Å². The van der Waals surface area contributed by atoms with E-state index >= 15 is 0 Å². The fraction of sp³-hybridized carbons (Fsp3) is 0.350. The van der Waals surface area contributed by atoms with Crippen molar-refractivity contribution in [1.29, 1.82) is 0 Å². The highest BCUT2D eigenvalue weighted by Crippen LogP contribution is 2.42. The Morgan fingerprint density at radius 1 is 1.09 bits per heavy atom. The van der Waals surface area contributed by atoms with Gasteiger partial charge in [-0.05, 0) is 55.0 Å². The number of ether oxygens (including phenoxy) is 1. The van der Waals surface area contributed by atoms with Crippen molar-refractivity contribution in [2.45, 2.75) is 46.0 Å². The van der Waals surface area contributed by atoms with Crippen molar-refractivity contribution < 1.29 is 9.53 Å². The highest BCUT2D eigenvalue weighted by molar-refractivity contribution is 5.90. The molecule has 114 valence electrons. The molecule has 2 nitrogen and oxygen atoms in total. The minimum atomic E-state index is -0.275. The second-order valence-corrected chi connectivity index (χ2v) is 6.08. The number of aryl methyl sites for hydroxylation is 2. The van der Waals surface area contributed by atoms with Crippen LogP contribution in [-0.2, 0) is 11.2 Å². The molecule has 2 aromatic carbocycles. The number of carbonyl (C=O) groups is 1. The van der Waals surface area contributed by atoms with Gasteiger partial charge in [0.15, 0.2) is 0 Å². The van der Waals surface area contributed by atoms with E-state index in [1.54, 1.807) is 0 Å². The lowest BCUT2D eigenvalue weighted by atomic mass is 9.84. The van der Waals surface area contributed by atoms with Gasteiger partial charge in [-0.2, -0.15) is 0 Å². The maximum Gasteiger partial charge on any atom is 0.323 e. The van der Waals surface area contributed by atoms with Gasteiger partial charge in [0.25, 0.3) is 0 Å². The molecule has 1 aliphatic rings. The molecule has 0 aliphatic carbocycles. The van der Waals surface area contributed by atoms with Gasteiger partial charge in [0.05, 0.1) is 0 Å². The molecule has 0 amide bonds. The first-order chi connectivity index (χ1) is 10.6. The van der Waals surface area contributed by atoms with Crippen LogP contribution in [0.5, 0.6) is 5.75 Å². The van der Waals surface area contributed by atoms with E-state index in [1.807, 2.05) is 18.2 Å². The lowest BCUT2D eigenvalue weighted by Gasteiger charge is -2.16. The molecule has 1 aliphatic heterocycles. The molecule has 0 spiro atoms. The molecular formula is C20H22O2. The lowest BCUT2D eigenvalue weighted by Crippen LogP contribution is -2.14. The summed E-state index contributed by atoms with van der Waals surface area (Å²) in [7, 11) is 0. The van der Waals surface area contributed by atoms with E-state index in [2.05, 4.69) is 39.0 Å². The zero-order valence-corrected chi connectivity index (χ0v) is 13.5. The fourth-order valence-corrected chi connectivity index (χ4v) is 3.25. The van der Waals surface area contributed by atoms with E-state index < -0.39 is 0 Å². The molecule has 2 heteroatoms. The van der Waals surface area contributed by atoms with Crippen LogP contribution in [0.25, 0.3) is 0 Å². The van der Waals surface area contributed by atoms with E-state index in [-0.39, 0.29) is 11.9 Å². The Hall–Kier alpha value is -2.09. The van der Waals surface area contributed by atoms with Gasteiger partial charge in [-0.3, -0.25) is 4.79 Å². The van der Waals surface area contributed by atoms with Crippen LogP contribution in [0.2, 0.25) is 0 Å². The molecule has 0 saturated heterocycles. The first kappa shape index (κ1) is 14.8. The van der Waals surface area contributed by atoms with Crippen molar-refractivity contribution in [3.63, 3.8) is 0 Å². The summed E-state index contributed by atoms with van der Waals surface area (Å²) in [4.78, 5) is 12.5. The number of benzene rings is 2. The predicted molar refractivity (Wildman–Crippen MR) is 88.4 cm³/mol. The predicted octanol–water partition coefficient (Wildman–Crippen LogP) is 4.70. The summed E-state index contributed by atoms with van der Waals surface area (Å²) in [5, 5.41) is 0. The largest absolute Gasteiger partial charge is 0.425 e. The average Bonchev–Trinajstić information content (AvgIpc) is 2.84. The van der Waals surface area contributed by atoms with Crippen LogP contribution in [0, 0.1) is 13.8 Å². The van der Waals surface area contributed by atoms with Gasteiger partial charge in [-0.15, -0.1) is 0 Å². The molecule has 1 heterocycles. The highest BCUT2D eigenvalue weighted by Gasteiger charge is 2.37. The molecule has 0 fully saturated rings. The second kappa shape index (κ2) is 5.96. The number of carbonyl (C=O) groups excluding carboxylic acids is 1. The summed E-state index contributed by atoms with van der Waals surface area (Å²) in [5.74, 6) is 0.320. The topological polar surface area (TPSA) is 26.3 Å². The summed E-state index contributed by atoms with van der Waals surface area (Å²) in [6, 6.07) is 12.2. The van der Waals surface area contributed by atoms with Crippen LogP contribution >= 0.6 is 0 Å². The van der Waals surface area contributed by atoms with E-state index in [0.29, 0.717) is 0 Å². The average molecular weight is 294 g/mol. The standard InChI is InChI=1S/C20H22O2/c1-4-5-9-15-10-7-12-17-18(15)19(20(21)22-17)16-11-6-8-13(2)14(16)3/h6-8,10-12,19H,4-5,9H2,1-3H3. The molecule has 1 unspecified atom stereocenters. The van der Waals surface area contributed by atoms with Crippen molar-refractivity contribution in [2.24, 2.45) is 0 Å². The van der Waals surface area contributed by atoms with E-state index in [9.17, 15) is 4.79 Å². The summed E-state index contributed by atoms with van der Waals surface area (Å²) in [6.07, 6.45) is 3.27. The van der Waals surface area contributed by atoms with Crippen LogP contribution in [0.15, 0.2) is 36.4 Å². The third-order valence-electron chi connectivity index (χ3n) is 4.65. The Bertz CT molecular complexity index is 716. The fourth-order valence-electron chi connectivity index (χ4n) is 3.25. The lowest BCUT2D eigenvalue weighted by molar-refractivity contribution is -0.133. The molecular weight excluding hydrogens is 272 g/mol. The van der Waals surface area contributed by atoms with Gasteiger partial charge in [-0.1, -0.05) is 43.7 Å². The minimum Gasteiger partial charge on any atom is -0.425 e. The maximum atomic E-state index is 12.5. The summed E-state index contributed by atoms with van der Waals surface area (Å²) < 4.78 is 5.55. The maximum absolute atomic E-state index is 12.5. The normalized spacial score (nSPS) is 16.5. The Labute approximate surface area is 132 Å². The molecule has 0 bridgehead atoms. The number of rotatable bonds is 4. The first-order valence-electron chi connectivity index (χ1n) is 8.03. The van der Waals surface area contributed by atoms with Crippen LogP contribution in [0.1, 0.15) is 53.5 Å². The van der Waals surface area contributed by atoms with Crippen molar-refractivity contribution >= 4 is 5.97 Å². The molecule has 2 aromatic rings. The molecule has 3 rings (SSSR count). The number of esters is 1. The van der Waals surface area contributed by atoms with Crippen LogP contribution in [0.3, 0.4) is 0 Å². The van der Waals surface area contributed by atoms with Crippen LogP contribution < -0.4 is 4.74 Å². The van der Waals surface area contributed by atoms with E-state index in [0.717, 1.165) is 36.1 Å². The summed E-state index contributed by atoms with van der Waals surface area (Å²) in [5.41, 5.74) is 5.80. The van der Waals surface area contributed by atoms with Crippen LogP contribution in [-0.4, -0.2) is 5.97 Å². The van der Waals surface area contributed by atoms with Gasteiger partial charge in [0.1, 0.15) is 11.7 Å². The minimum absolute atomic E-state index is 0.146. The third-order valence-corrected chi connectivity index (χ3v) is 4.65. The quantitative estimate of drug-likeness (QED) is 0.603. The van der Waals surface area contributed by atoms with Crippen molar-refractivity contribution in [1.82, 2.24) is 0 Å². The zero-order valence-electron chi connectivity index (χ0n) is 13.5. The smallest absolute Gasteiger partial charge is 0.323 e. The monoisotopic (exact) mass is 294 g/mol. The molecule has 0 N–H and O–H groups in total. The van der Waals surface area contributed by atoms with E-state index in [1.165, 1.54) is 16.7 Å². The van der Waals surface area contributed by atoms with Crippen molar-refractivity contribution in [2.75, 3.05) is 0 Å². The Kier molecular flexibility index (Phi) is 4.02. The number of fused-ring (bicyclic) bond motifs is 1. The van der Waals surface area contributed by atoms with Gasteiger partial charge >= 0.3 is 5.97 Å². The SMILES string of the molecule is CCCCc1cccc2c1C(c1cccc(C)c1C)C(=O)O2. The molecule has 1 atom stereocenters. The van der Waals surface area contributed by atoms with Crippen molar-refractivity contribution in [3.8, 4) is 5.75 Å². The van der Waals surface area contributed by atoms with Gasteiger partial charge < -0.3 is 4.74 Å². The molecule has 22 heavy (non-hydrogen) atoms. The Balaban J connectivity index is 2.12. The Morgan fingerprint density at radius 2 is 1.86 bits per heavy atom. The first-order valence-corrected chi connectivity index (χ1v) is 8.03. The van der Waals surface area contributed by atoms with Gasteiger partial charge in [0.2, 0.25) is 0 Å². The van der Waals surface area contributed by atoms with Gasteiger partial charge in [0, 0.05) is 5.56 Å². The van der Waals surface area contributed by atoms with E-state index in [4.69, 9.17) is 4.74 Å². The Morgan fingerprint density at radius 3 is 2.64 bits per heavy atom. The number of unbranched alkanes of at least 4 members (excludes halogenated alkanes) is 1. The summed E-state index contributed by atoms with van der Waals surface area (Å²) >= 11 is 0. The molecule has 0 aromatic heterocycles. The number of hydrogen-bond donors (Lipinski definition) is 0. The number of hydrogen-bond acceptors (Lipinski definition) is 2. The summed E-state index contributed by atoms with van der Waals surface area (Å²) in [6.45, 7) is 6.36. The molecule has 0 radical (unpaired) electrons. The highest BCUT2D eigenvalue weighted by atomic mass is 16.5. The third kappa shape index (κ3) is 2.43. The van der Waals surface area contributed by atoms with Gasteiger partial charge in [-0.25, -0.2) is 0 Å². The second-order valence-electron chi connectivity index (χ2n) is 6.08. The van der Waals surface area contributed by atoms with Crippen molar-refractivity contribution in [3.05, 3.63) is 64.2 Å². The zero-order chi connectivity index (χ0) is 15.7.